The first kappa shape index (κ1) is 22.6. The molecule has 2 aliphatic heterocycles. The van der Waals surface area contributed by atoms with Crippen LogP contribution in [0.2, 0.25) is 5.02 Å². The van der Waals surface area contributed by atoms with Crippen LogP contribution < -0.4 is 4.90 Å². The molecule has 0 aliphatic carbocycles. The Bertz CT molecular complexity index is 947. The number of hydrogen-bond donors (Lipinski definition) is 0. The normalized spacial score (nSPS) is 17.9. The van der Waals surface area contributed by atoms with Gasteiger partial charge >= 0.3 is 0 Å². The van der Waals surface area contributed by atoms with E-state index in [1.54, 1.807) is 36.4 Å². The van der Waals surface area contributed by atoms with Gasteiger partial charge in [0.15, 0.2) is 0 Å². The van der Waals surface area contributed by atoms with E-state index in [4.69, 9.17) is 11.6 Å². The molecule has 2 aliphatic rings. The summed E-state index contributed by atoms with van der Waals surface area (Å²) in [5, 5.41) is 0.553. The summed E-state index contributed by atoms with van der Waals surface area (Å²) >= 11 is 6.03. The number of piperazine rings is 1. The Balaban J connectivity index is 1.25. The lowest BCUT2D eigenvalue weighted by Crippen LogP contribution is -2.51. The van der Waals surface area contributed by atoms with Crippen LogP contribution in [-0.2, 0) is 4.79 Å². The summed E-state index contributed by atoms with van der Waals surface area (Å²) in [6.45, 7) is 5.89. The van der Waals surface area contributed by atoms with Crippen LogP contribution in [0.5, 0.6) is 0 Å². The van der Waals surface area contributed by atoms with Crippen molar-refractivity contribution in [2.45, 2.75) is 6.42 Å². The molecule has 0 saturated carbocycles. The molecule has 2 heterocycles. The number of nitrogens with zero attached hydrogens (tertiary/aromatic N) is 4. The molecule has 170 valence electrons. The van der Waals surface area contributed by atoms with Gasteiger partial charge in [0.25, 0.3) is 5.91 Å². The molecule has 8 heteroatoms. The number of halogens is 2. The van der Waals surface area contributed by atoms with Crippen molar-refractivity contribution in [1.29, 1.82) is 0 Å². The number of carbonyl (C=O) groups is 2. The summed E-state index contributed by atoms with van der Waals surface area (Å²) < 4.78 is 13.1. The fourth-order valence-corrected chi connectivity index (χ4v) is 4.48. The molecule has 0 spiro atoms. The van der Waals surface area contributed by atoms with Crippen molar-refractivity contribution >= 4 is 29.1 Å². The highest BCUT2D eigenvalue weighted by Crippen LogP contribution is 2.18. The number of rotatable bonds is 4. The second-order valence-corrected chi connectivity index (χ2v) is 8.71. The fraction of sp³-hybridized carbons (Fsp3) is 0.417. The quantitative estimate of drug-likeness (QED) is 0.706. The van der Waals surface area contributed by atoms with Crippen molar-refractivity contribution < 1.29 is 14.0 Å². The molecule has 2 fully saturated rings. The van der Waals surface area contributed by atoms with Crippen molar-refractivity contribution in [2.75, 3.05) is 63.8 Å². The summed E-state index contributed by atoms with van der Waals surface area (Å²) in [6.07, 6.45) is 0.831. The molecule has 4 rings (SSSR count). The molecule has 0 unspecified atom stereocenters. The van der Waals surface area contributed by atoms with Gasteiger partial charge in [-0.3, -0.25) is 14.5 Å². The fourth-order valence-electron chi connectivity index (χ4n) is 4.29. The van der Waals surface area contributed by atoms with Crippen molar-refractivity contribution in [2.24, 2.45) is 0 Å². The van der Waals surface area contributed by atoms with Crippen LogP contribution in [0.1, 0.15) is 16.8 Å². The Morgan fingerprint density at radius 1 is 0.844 bits per heavy atom. The minimum absolute atomic E-state index is 0.0161. The van der Waals surface area contributed by atoms with E-state index in [9.17, 15) is 14.0 Å². The van der Waals surface area contributed by atoms with Crippen LogP contribution in [0, 0.1) is 5.82 Å². The molecular weight excluding hydrogens is 431 g/mol. The first-order valence-electron chi connectivity index (χ1n) is 11.0. The molecule has 2 aromatic carbocycles. The molecule has 2 amide bonds. The summed E-state index contributed by atoms with van der Waals surface area (Å²) in [5.74, 6) is -0.135. The predicted octanol–water partition coefficient (Wildman–Crippen LogP) is 2.98. The third-order valence-electron chi connectivity index (χ3n) is 6.13. The Morgan fingerprint density at radius 3 is 2.28 bits per heavy atom. The number of anilines is 1. The van der Waals surface area contributed by atoms with Gasteiger partial charge in [0.2, 0.25) is 5.91 Å². The molecular formula is C24H28ClFN4O2. The minimum Gasteiger partial charge on any atom is -0.368 e. The zero-order valence-electron chi connectivity index (χ0n) is 18.1. The molecule has 6 nitrogen and oxygen atoms in total. The minimum atomic E-state index is -0.243. The summed E-state index contributed by atoms with van der Waals surface area (Å²) in [6, 6.07) is 13.5. The maximum Gasteiger partial charge on any atom is 0.253 e. The van der Waals surface area contributed by atoms with E-state index in [1.165, 1.54) is 12.1 Å². The first-order chi connectivity index (χ1) is 15.5. The number of benzene rings is 2. The average molecular weight is 459 g/mol. The van der Waals surface area contributed by atoms with E-state index in [-0.39, 0.29) is 17.6 Å². The molecule has 32 heavy (non-hydrogen) atoms. The Kier molecular flexibility index (Phi) is 7.27. The van der Waals surface area contributed by atoms with Crippen molar-refractivity contribution in [3.05, 3.63) is 64.9 Å². The predicted molar refractivity (Wildman–Crippen MR) is 124 cm³/mol. The van der Waals surface area contributed by atoms with Crippen LogP contribution in [0.3, 0.4) is 0 Å². The standard InChI is InChI=1S/C24H28ClFN4O2/c25-20-4-1-3-19(17-20)24(32)30-10-2-9-27(11-12-30)18-23(31)29-15-13-28(14-16-29)22-7-5-21(26)6-8-22/h1,3-8,17H,2,9-16,18H2. The zero-order valence-corrected chi connectivity index (χ0v) is 18.8. The summed E-state index contributed by atoms with van der Waals surface area (Å²) in [5.41, 5.74) is 1.58. The Morgan fingerprint density at radius 2 is 1.56 bits per heavy atom. The highest BCUT2D eigenvalue weighted by Gasteiger charge is 2.25. The van der Waals surface area contributed by atoms with E-state index in [2.05, 4.69) is 9.80 Å². The zero-order chi connectivity index (χ0) is 22.5. The van der Waals surface area contributed by atoms with E-state index < -0.39 is 0 Å². The topological polar surface area (TPSA) is 47.1 Å². The number of amides is 2. The molecule has 0 N–H and O–H groups in total. The first-order valence-corrected chi connectivity index (χ1v) is 11.4. The van der Waals surface area contributed by atoms with Gasteiger partial charge in [-0.15, -0.1) is 0 Å². The van der Waals surface area contributed by atoms with Gasteiger partial charge in [-0.25, -0.2) is 4.39 Å². The summed E-state index contributed by atoms with van der Waals surface area (Å²) in [4.78, 5) is 33.7. The summed E-state index contributed by atoms with van der Waals surface area (Å²) in [7, 11) is 0. The van der Waals surface area contributed by atoms with E-state index in [0.29, 0.717) is 49.9 Å². The second-order valence-electron chi connectivity index (χ2n) is 8.28. The molecule has 2 aromatic rings. The van der Waals surface area contributed by atoms with E-state index >= 15 is 0 Å². The SMILES string of the molecule is O=C(CN1CCCN(C(=O)c2cccc(Cl)c2)CC1)N1CCN(c2ccc(F)cc2)CC1. The maximum absolute atomic E-state index is 13.1. The van der Waals surface area contributed by atoms with E-state index in [0.717, 1.165) is 31.7 Å². The molecule has 2 saturated heterocycles. The molecule has 0 aromatic heterocycles. The second kappa shape index (κ2) is 10.3. The van der Waals surface area contributed by atoms with Crippen molar-refractivity contribution in [3.63, 3.8) is 0 Å². The van der Waals surface area contributed by atoms with Crippen LogP contribution in [-0.4, -0.2) is 85.4 Å². The van der Waals surface area contributed by atoms with Gasteiger partial charge in [0, 0.05) is 68.6 Å². The van der Waals surface area contributed by atoms with Gasteiger partial charge in [-0.1, -0.05) is 17.7 Å². The Labute approximate surface area is 193 Å². The van der Waals surface area contributed by atoms with Crippen LogP contribution in [0.15, 0.2) is 48.5 Å². The van der Waals surface area contributed by atoms with Crippen molar-refractivity contribution in [1.82, 2.24) is 14.7 Å². The highest BCUT2D eigenvalue weighted by atomic mass is 35.5. The molecule has 0 atom stereocenters. The lowest BCUT2D eigenvalue weighted by molar-refractivity contribution is -0.132. The Hall–Kier alpha value is -2.64. The van der Waals surface area contributed by atoms with Crippen molar-refractivity contribution in [3.8, 4) is 0 Å². The van der Waals surface area contributed by atoms with Crippen LogP contribution in [0.25, 0.3) is 0 Å². The third-order valence-corrected chi connectivity index (χ3v) is 6.37. The third kappa shape index (κ3) is 5.58. The van der Waals surface area contributed by atoms with Gasteiger partial charge < -0.3 is 14.7 Å². The van der Waals surface area contributed by atoms with Gasteiger partial charge in [-0.05, 0) is 48.9 Å². The van der Waals surface area contributed by atoms with Gasteiger partial charge in [0.05, 0.1) is 6.54 Å². The molecule has 0 radical (unpaired) electrons. The lowest BCUT2D eigenvalue weighted by atomic mass is 10.2. The smallest absolute Gasteiger partial charge is 0.253 e. The van der Waals surface area contributed by atoms with Gasteiger partial charge in [0.1, 0.15) is 5.82 Å². The van der Waals surface area contributed by atoms with Crippen LogP contribution in [0.4, 0.5) is 10.1 Å². The lowest BCUT2D eigenvalue weighted by Gasteiger charge is -2.37. The highest BCUT2D eigenvalue weighted by molar-refractivity contribution is 6.30. The van der Waals surface area contributed by atoms with Crippen LogP contribution >= 0.6 is 11.6 Å². The van der Waals surface area contributed by atoms with E-state index in [1.807, 2.05) is 9.80 Å². The largest absolute Gasteiger partial charge is 0.368 e. The number of hydrogen-bond acceptors (Lipinski definition) is 4. The monoisotopic (exact) mass is 458 g/mol. The maximum atomic E-state index is 13.1. The van der Waals surface area contributed by atoms with Gasteiger partial charge in [-0.2, -0.15) is 0 Å². The molecule has 0 bridgehead atoms. The average Bonchev–Trinajstić information content (AvgIpc) is 3.05. The number of carbonyl (C=O) groups excluding carboxylic acids is 2.